The number of aliphatic hydroxyl groups is 1. The lowest BCUT2D eigenvalue weighted by molar-refractivity contribution is -0.143. The maximum absolute atomic E-state index is 15.4. The number of hydrogen-bond acceptors (Lipinski definition) is 13. The predicted molar refractivity (Wildman–Crippen MR) is 275 cm³/mol. The van der Waals surface area contributed by atoms with Crippen molar-refractivity contribution in [2.45, 2.75) is 110 Å². The van der Waals surface area contributed by atoms with Crippen LogP contribution in [-0.4, -0.2) is 151 Å². The zero-order chi connectivity index (χ0) is 58.9. The Hall–Kier alpha value is -8.68. The average Bonchev–Trinajstić information content (AvgIpc) is 4.03. The summed E-state index contributed by atoms with van der Waals surface area (Å²) in [7, 11) is 0. The number of benzene rings is 2. The Morgan fingerprint density at radius 3 is 1.99 bits per heavy atom. The van der Waals surface area contributed by atoms with Crippen LogP contribution in [-0.2, 0) is 64.1 Å². The third kappa shape index (κ3) is 18.8. The van der Waals surface area contributed by atoms with Crippen LogP contribution in [0, 0.1) is 23.0 Å². The van der Waals surface area contributed by atoms with E-state index in [9.17, 15) is 72.1 Å². The van der Waals surface area contributed by atoms with Gasteiger partial charge in [-0.2, -0.15) is 0 Å². The number of primary amides is 1. The minimum Gasteiger partial charge on any atom is -0.481 e. The monoisotopic (exact) mass is 1110 g/mol. The van der Waals surface area contributed by atoms with Crippen molar-refractivity contribution in [1.29, 1.82) is 0 Å². The molecule has 426 valence electrons. The second-order valence-corrected chi connectivity index (χ2v) is 19.9. The molecule has 2 heterocycles. The van der Waals surface area contributed by atoms with Crippen LogP contribution < -0.4 is 32.3 Å². The summed E-state index contributed by atoms with van der Waals surface area (Å²) in [6, 6.07) is 6.09. The second-order valence-electron chi connectivity index (χ2n) is 19.9. The van der Waals surface area contributed by atoms with Gasteiger partial charge in [-0.3, -0.25) is 57.6 Å². The molecule has 9 amide bonds. The van der Waals surface area contributed by atoms with Crippen molar-refractivity contribution >= 4 is 70.9 Å². The first-order chi connectivity index (χ1) is 37.1. The minimum absolute atomic E-state index is 0.102. The van der Waals surface area contributed by atoms with Gasteiger partial charge in [0.25, 0.3) is 11.8 Å². The van der Waals surface area contributed by atoms with E-state index in [2.05, 4.69) is 26.6 Å². The van der Waals surface area contributed by atoms with Gasteiger partial charge in [0, 0.05) is 80.0 Å². The van der Waals surface area contributed by atoms with Gasteiger partial charge in [0.05, 0.1) is 18.5 Å². The zero-order valence-corrected chi connectivity index (χ0v) is 44.1. The van der Waals surface area contributed by atoms with Gasteiger partial charge in [0.2, 0.25) is 41.4 Å². The van der Waals surface area contributed by atoms with Gasteiger partial charge >= 0.3 is 11.9 Å². The van der Waals surface area contributed by atoms with Gasteiger partial charge in [0.1, 0.15) is 42.9 Å². The van der Waals surface area contributed by atoms with Gasteiger partial charge < -0.3 is 57.1 Å². The molecule has 0 unspecified atom stereocenters. The van der Waals surface area contributed by atoms with Crippen molar-refractivity contribution < 1.29 is 81.6 Å². The van der Waals surface area contributed by atoms with Crippen molar-refractivity contribution in [2.75, 3.05) is 26.2 Å². The average molecular weight is 1110 g/mol. The Labute approximate surface area is 452 Å². The lowest BCUT2D eigenvalue weighted by Crippen LogP contribution is -2.56. The first-order valence-electron chi connectivity index (χ1n) is 25.0. The maximum Gasteiger partial charge on any atom is 0.326 e. The topological polar surface area (TPSA) is 363 Å². The number of nitrogens with one attached hydrogen (secondary N) is 5. The first kappa shape index (κ1) is 62.9. The number of rotatable bonds is 30. The van der Waals surface area contributed by atoms with Gasteiger partial charge in [0.15, 0.2) is 5.78 Å². The van der Waals surface area contributed by atoms with Crippen LogP contribution in [0.2, 0.25) is 0 Å². The maximum atomic E-state index is 15.4. The van der Waals surface area contributed by atoms with Crippen molar-refractivity contribution in [3.63, 3.8) is 0 Å². The molecule has 10 N–H and O–H groups in total. The molecule has 1 aromatic heterocycles. The standard InChI is InChI=1S/C53H65F2N9O15/c1-29(21-40(66)30(2)58-43(69)27-64-44(70)14-15-45(64)71)49(75)61-38(24-41(56)67)51(77)60-36(50(76)57-19-17-42(68)59-37(52(78)79)13-16-47(73)74)18-20-63(46(72)28-65)48(53(3,4)5)39-22-32(34-23-33(54)11-12-35(34)55)26-62(39)25-31-9-7-6-8-10-31/h6-12,14-15,22-23,26,29-30,36-38,48,65H,13,16-21,24-25,27-28H2,1-5H3,(H2,56,67)(H,57,76)(H,58,69)(H,59,68)(H,60,77)(H,61,75)(H,73,74)(H,78,79)/t29-,30-,36-,37+,38-,48-/m0/s1. The summed E-state index contributed by atoms with van der Waals surface area (Å²) in [6.45, 7) is 5.29. The number of nitrogens with zero attached hydrogens (tertiary/aromatic N) is 3. The van der Waals surface area contributed by atoms with Crippen LogP contribution in [0.5, 0.6) is 0 Å². The second kappa shape index (κ2) is 28.6. The van der Waals surface area contributed by atoms with Crippen LogP contribution in [0.1, 0.15) is 90.4 Å². The van der Waals surface area contributed by atoms with E-state index in [0.717, 1.165) is 35.9 Å². The van der Waals surface area contributed by atoms with E-state index >= 15 is 4.39 Å². The number of amides is 9. The first-order valence-corrected chi connectivity index (χ1v) is 25.0. The Bertz CT molecular complexity index is 2820. The highest BCUT2D eigenvalue weighted by Gasteiger charge is 2.39. The van der Waals surface area contributed by atoms with Crippen LogP contribution in [0.25, 0.3) is 11.1 Å². The molecule has 0 saturated carbocycles. The highest BCUT2D eigenvalue weighted by molar-refractivity contribution is 6.14. The van der Waals surface area contributed by atoms with Gasteiger partial charge in [-0.05, 0) is 55.0 Å². The number of carbonyl (C=O) groups is 12. The molecule has 6 atom stereocenters. The number of imide groups is 1. The summed E-state index contributed by atoms with van der Waals surface area (Å²) < 4.78 is 31.7. The molecular weight excluding hydrogens is 1040 g/mol. The smallest absolute Gasteiger partial charge is 0.326 e. The van der Waals surface area contributed by atoms with E-state index in [0.29, 0.717) is 10.6 Å². The third-order valence-corrected chi connectivity index (χ3v) is 12.5. The number of hydrogen-bond donors (Lipinski definition) is 9. The number of Topliss-reactive ketones (excluding diaryl/α,β-unsaturated/α-hetero) is 1. The molecule has 79 heavy (non-hydrogen) atoms. The summed E-state index contributed by atoms with van der Waals surface area (Å²) in [5, 5.41) is 40.7. The molecule has 2 aromatic carbocycles. The number of ketones is 1. The molecule has 4 rings (SSSR count). The van der Waals surface area contributed by atoms with Crippen molar-refractivity contribution in [2.24, 2.45) is 17.1 Å². The fourth-order valence-corrected chi connectivity index (χ4v) is 8.52. The molecule has 0 aliphatic carbocycles. The van der Waals surface area contributed by atoms with E-state index in [-0.39, 0.29) is 17.7 Å². The molecule has 24 nitrogen and oxygen atoms in total. The Balaban J connectivity index is 1.66. The van der Waals surface area contributed by atoms with Crippen molar-refractivity contribution in [3.8, 4) is 11.1 Å². The van der Waals surface area contributed by atoms with Crippen LogP contribution in [0.3, 0.4) is 0 Å². The summed E-state index contributed by atoms with van der Waals surface area (Å²) in [6.07, 6.45) is 0.00319. The molecule has 3 aromatic rings. The Kier molecular flexibility index (Phi) is 22.8. The number of aromatic nitrogens is 1. The molecule has 0 spiro atoms. The summed E-state index contributed by atoms with van der Waals surface area (Å²) in [4.78, 5) is 155. The zero-order valence-electron chi connectivity index (χ0n) is 44.1. The highest BCUT2D eigenvalue weighted by atomic mass is 19.1. The largest absolute Gasteiger partial charge is 0.481 e. The molecule has 0 saturated heterocycles. The molecule has 0 fully saturated rings. The van der Waals surface area contributed by atoms with Crippen molar-refractivity contribution in [3.05, 3.63) is 95.8 Å². The number of carboxylic acids is 2. The fraction of sp³-hybridized carbons (Fsp3) is 0.434. The predicted octanol–water partition coefficient (Wildman–Crippen LogP) is 0.590. The molecule has 0 radical (unpaired) electrons. The molecule has 1 aliphatic heterocycles. The van der Waals surface area contributed by atoms with Gasteiger partial charge in [-0.1, -0.05) is 58.0 Å². The number of halogens is 2. The van der Waals surface area contributed by atoms with Crippen LogP contribution in [0.15, 0.2) is 72.9 Å². The molecule has 0 bridgehead atoms. The quantitative estimate of drug-likeness (QED) is 0.0413. The number of carbonyl (C=O) groups excluding carboxylic acids is 10. The van der Waals surface area contributed by atoms with Gasteiger partial charge in [-0.15, -0.1) is 0 Å². The SMILES string of the molecule is C[C@H](NC(=O)CN1C(=O)C=CC1=O)C(=O)C[C@H](C)C(=O)N[C@@H](CC(N)=O)C(=O)N[C@@H](CCN(C(=O)CO)[C@@H](c1cc(-c2cc(F)ccc2F)cn1Cc1ccccc1)C(C)(C)C)C(=O)NCCC(=O)N[C@H](CCC(=O)O)C(=O)O. The van der Waals surface area contributed by atoms with E-state index < -0.39 is 189 Å². The lowest BCUT2D eigenvalue weighted by atomic mass is 9.82. The van der Waals surface area contributed by atoms with Gasteiger partial charge in [-0.25, -0.2) is 13.6 Å². The van der Waals surface area contributed by atoms with E-state index in [1.54, 1.807) is 55.8 Å². The van der Waals surface area contributed by atoms with Crippen LogP contribution >= 0.6 is 0 Å². The molecular formula is C53H65F2N9O15. The Morgan fingerprint density at radius 2 is 1.39 bits per heavy atom. The number of aliphatic carboxylic acids is 2. The van der Waals surface area contributed by atoms with E-state index in [4.69, 9.17) is 10.8 Å². The van der Waals surface area contributed by atoms with E-state index in [1.165, 1.54) is 18.7 Å². The minimum atomic E-state index is -1.82. The third-order valence-electron chi connectivity index (χ3n) is 12.5. The van der Waals surface area contributed by atoms with E-state index in [1.807, 2.05) is 12.1 Å². The summed E-state index contributed by atoms with van der Waals surface area (Å²) >= 11 is 0. The molecule has 1 aliphatic rings. The van der Waals surface area contributed by atoms with Crippen LogP contribution in [0.4, 0.5) is 8.78 Å². The highest BCUT2D eigenvalue weighted by Crippen LogP contribution is 2.41. The summed E-state index contributed by atoms with van der Waals surface area (Å²) in [5.41, 5.74) is 5.80. The number of nitrogens with two attached hydrogens (primary N) is 1. The normalized spacial score (nSPS) is 14.5. The Morgan fingerprint density at radius 1 is 0.747 bits per heavy atom. The number of aliphatic hydroxyl groups excluding tert-OH is 1. The summed E-state index contributed by atoms with van der Waals surface area (Å²) in [5.74, 6) is -14.6. The molecule has 26 heteroatoms. The van der Waals surface area contributed by atoms with Crippen molar-refractivity contribution in [1.82, 2.24) is 41.0 Å². The number of carboxylic acid groups (broad SMARTS) is 2. The fourth-order valence-electron chi connectivity index (χ4n) is 8.52. The lowest BCUT2D eigenvalue weighted by Gasteiger charge is -2.41.